The highest BCUT2D eigenvalue weighted by molar-refractivity contribution is 5.84. The van der Waals surface area contributed by atoms with Gasteiger partial charge in [-0.2, -0.15) is 0 Å². The number of carboxylic acids is 1. The average Bonchev–Trinajstić information content (AvgIpc) is 2.48. The fraction of sp³-hybridized carbons (Fsp3) is 0.750. The van der Waals surface area contributed by atoms with Crippen LogP contribution < -0.4 is 5.32 Å². The van der Waals surface area contributed by atoms with E-state index in [0.29, 0.717) is 13.0 Å². The molecule has 0 aliphatic carbocycles. The normalized spacial score (nSPS) is 24.5. The first-order chi connectivity index (χ1) is 6.04. The van der Waals surface area contributed by atoms with E-state index < -0.39 is 12.0 Å². The van der Waals surface area contributed by atoms with Crippen LogP contribution in [0.25, 0.3) is 0 Å². The van der Waals surface area contributed by atoms with E-state index in [1.54, 1.807) is 18.9 Å². The summed E-state index contributed by atoms with van der Waals surface area (Å²) in [5.41, 5.74) is 0. The molecule has 1 aliphatic rings. The van der Waals surface area contributed by atoms with Crippen molar-refractivity contribution in [2.45, 2.75) is 25.4 Å². The predicted molar refractivity (Wildman–Crippen MR) is 46.3 cm³/mol. The monoisotopic (exact) mass is 186 g/mol. The minimum absolute atomic E-state index is 0.0735. The molecule has 1 rings (SSSR count). The van der Waals surface area contributed by atoms with Gasteiger partial charge < -0.3 is 10.4 Å². The van der Waals surface area contributed by atoms with Crippen molar-refractivity contribution in [2.24, 2.45) is 0 Å². The van der Waals surface area contributed by atoms with E-state index >= 15 is 0 Å². The minimum atomic E-state index is -0.901. The van der Waals surface area contributed by atoms with Crippen LogP contribution in [0.2, 0.25) is 0 Å². The van der Waals surface area contributed by atoms with Gasteiger partial charge >= 0.3 is 5.97 Å². The number of amides is 1. The first kappa shape index (κ1) is 9.98. The molecule has 1 aliphatic heterocycles. The minimum Gasteiger partial charge on any atom is -0.480 e. The zero-order valence-corrected chi connectivity index (χ0v) is 7.78. The maximum atomic E-state index is 11.2. The summed E-state index contributed by atoms with van der Waals surface area (Å²) in [4.78, 5) is 23.4. The van der Waals surface area contributed by atoms with E-state index in [2.05, 4.69) is 5.32 Å². The lowest BCUT2D eigenvalue weighted by molar-refractivity contribution is -0.143. The quantitative estimate of drug-likeness (QED) is 0.610. The smallest absolute Gasteiger partial charge is 0.320 e. The van der Waals surface area contributed by atoms with E-state index in [0.717, 1.165) is 0 Å². The Balaban J connectivity index is 2.60. The predicted octanol–water partition coefficient (Wildman–Crippen LogP) is -0.720. The van der Waals surface area contributed by atoms with Crippen molar-refractivity contribution < 1.29 is 14.7 Å². The summed E-state index contributed by atoms with van der Waals surface area (Å²) in [6.45, 7) is 2.22. The zero-order valence-electron chi connectivity index (χ0n) is 7.78. The standard InChI is InChI=1S/C8H14N2O3/c1-5(8(12)13)10(2)6-3-4-9-7(6)11/h5-6H,3-4H2,1-2H3,(H,9,11)(H,12,13). The summed E-state index contributed by atoms with van der Waals surface area (Å²) in [6, 6.07) is -0.903. The fourth-order valence-corrected chi connectivity index (χ4v) is 1.41. The molecule has 13 heavy (non-hydrogen) atoms. The third-order valence-corrected chi connectivity index (χ3v) is 2.48. The second-order valence-corrected chi connectivity index (χ2v) is 3.28. The van der Waals surface area contributed by atoms with Crippen molar-refractivity contribution in [3.05, 3.63) is 0 Å². The van der Waals surface area contributed by atoms with Crippen molar-refractivity contribution in [1.29, 1.82) is 0 Å². The molecule has 2 atom stereocenters. The van der Waals surface area contributed by atoms with E-state index in [1.807, 2.05) is 0 Å². The maximum Gasteiger partial charge on any atom is 0.320 e. The molecule has 5 nitrogen and oxygen atoms in total. The van der Waals surface area contributed by atoms with Crippen LogP contribution in [-0.2, 0) is 9.59 Å². The summed E-state index contributed by atoms with van der Waals surface area (Å²) < 4.78 is 0. The Bertz CT molecular complexity index is 229. The third-order valence-electron chi connectivity index (χ3n) is 2.48. The topological polar surface area (TPSA) is 69.6 Å². The molecule has 1 fully saturated rings. The Kier molecular flexibility index (Phi) is 2.87. The Hall–Kier alpha value is -1.10. The molecule has 0 aromatic carbocycles. The summed E-state index contributed by atoms with van der Waals surface area (Å²) in [6.07, 6.45) is 0.687. The SMILES string of the molecule is CC(C(=O)O)N(C)C1CCNC1=O. The summed E-state index contributed by atoms with van der Waals surface area (Å²) in [7, 11) is 1.66. The molecule has 0 aromatic heterocycles. The van der Waals surface area contributed by atoms with Crippen LogP contribution in [0.3, 0.4) is 0 Å². The maximum absolute atomic E-state index is 11.2. The van der Waals surface area contributed by atoms with Crippen molar-refractivity contribution in [3.8, 4) is 0 Å². The van der Waals surface area contributed by atoms with Gasteiger partial charge in [-0.05, 0) is 20.4 Å². The van der Waals surface area contributed by atoms with Gasteiger partial charge in [0.05, 0.1) is 6.04 Å². The van der Waals surface area contributed by atoms with Gasteiger partial charge in [0.1, 0.15) is 6.04 Å². The number of nitrogens with one attached hydrogen (secondary N) is 1. The van der Waals surface area contributed by atoms with Gasteiger partial charge in [-0.3, -0.25) is 14.5 Å². The van der Waals surface area contributed by atoms with Gasteiger partial charge in [0.25, 0.3) is 0 Å². The van der Waals surface area contributed by atoms with Gasteiger partial charge in [-0.25, -0.2) is 0 Å². The number of hydrogen-bond acceptors (Lipinski definition) is 3. The Morgan fingerprint density at radius 1 is 1.77 bits per heavy atom. The van der Waals surface area contributed by atoms with Gasteiger partial charge in [0.2, 0.25) is 5.91 Å². The molecule has 2 unspecified atom stereocenters. The fourth-order valence-electron chi connectivity index (χ4n) is 1.41. The second kappa shape index (κ2) is 3.74. The van der Waals surface area contributed by atoms with Crippen LogP contribution in [0.4, 0.5) is 0 Å². The van der Waals surface area contributed by atoms with Gasteiger partial charge in [0, 0.05) is 6.54 Å². The zero-order chi connectivity index (χ0) is 10.0. The number of carboxylic acid groups (broad SMARTS) is 1. The van der Waals surface area contributed by atoms with Crippen LogP contribution in [0.5, 0.6) is 0 Å². The van der Waals surface area contributed by atoms with Crippen LogP contribution in [0, 0.1) is 0 Å². The van der Waals surface area contributed by atoms with Crippen LogP contribution in [0.1, 0.15) is 13.3 Å². The molecule has 0 spiro atoms. The largest absolute Gasteiger partial charge is 0.480 e. The Morgan fingerprint density at radius 2 is 2.38 bits per heavy atom. The molecule has 1 heterocycles. The lowest BCUT2D eigenvalue weighted by atomic mass is 10.2. The number of aliphatic carboxylic acids is 1. The van der Waals surface area contributed by atoms with Crippen LogP contribution in [0.15, 0.2) is 0 Å². The van der Waals surface area contributed by atoms with Gasteiger partial charge in [-0.15, -0.1) is 0 Å². The summed E-state index contributed by atoms with van der Waals surface area (Å²) in [5, 5.41) is 11.4. The van der Waals surface area contributed by atoms with Crippen molar-refractivity contribution in [3.63, 3.8) is 0 Å². The first-order valence-electron chi connectivity index (χ1n) is 4.26. The van der Waals surface area contributed by atoms with Crippen molar-refractivity contribution >= 4 is 11.9 Å². The van der Waals surface area contributed by atoms with E-state index in [4.69, 9.17) is 5.11 Å². The molecular weight excluding hydrogens is 172 g/mol. The number of nitrogens with zero attached hydrogens (tertiary/aromatic N) is 1. The van der Waals surface area contributed by atoms with Crippen molar-refractivity contribution in [2.75, 3.05) is 13.6 Å². The molecule has 2 N–H and O–H groups in total. The molecule has 1 amide bonds. The number of hydrogen-bond donors (Lipinski definition) is 2. The molecule has 0 radical (unpaired) electrons. The lowest BCUT2D eigenvalue weighted by Crippen LogP contribution is -2.46. The summed E-state index contributed by atoms with van der Waals surface area (Å²) in [5.74, 6) is -0.974. The first-order valence-corrected chi connectivity index (χ1v) is 4.26. The number of likely N-dealkylation sites (N-methyl/N-ethyl adjacent to an activating group) is 1. The Morgan fingerprint density at radius 3 is 2.77 bits per heavy atom. The van der Waals surface area contributed by atoms with E-state index in [1.165, 1.54) is 0 Å². The highest BCUT2D eigenvalue weighted by atomic mass is 16.4. The highest BCUT2D eigenvalue weighted by Crippen LogP contribution is 2.10. The molecule has 0 saturated carbocycles. The summed E-state index contributed by atoms with van der Waals surface area (Å²) >= 11 is 0. The van der Waals surface area contributed by atoms with Gasteiger partial charge in [0.15, 0.2) is 0 Å². The molecule has 5 heteroatoms. The van der Waals surface area contributed by atoms with E-state index in [9.17, 15) is 9.59 Å². The van der Waals surface area contributed by atoms with Gasteiger partial charge in [-0.1, -0.05) is 0 Å². The van der Waals surface area contributed by atoms with Crippen LogP contribution >= 0.6 is 0 Å². The number of carbonyl (C=O) groups excluding carboxylic acids is 1. The van der Waals surface area contributed by atoms with Crippen molar-refractivity contribution in [1.82, 2.24) is 10.2 Å². The average molecular weight is 186 g/mol. The van der Waals surface area contributed by atoms with E-state index in [-0.39, 0.29) is 11.9 Å². The molecule has 1 saturated heterocycles. The highest BCUT2D eigenvalue weighted by Gasteiger charge is 2.32. The molecule has 0 aromatic rings. The number of rotatable bonds is 3. The molecular formula is C8H14N2O3. The lowest BCUT2D eigenvalue weighted by Gasteiger charge is -2.25. The Labute approximate surface area is 76.7 Å². The number of carbonyl (C=O) groups is 2. The second-order valence-electron chi connectivity index (χ2n) is 3.28. The third kappa shape index (κ3) is 1.98. The van der Waals surface area contributed by atoms with Crippen LogP contribution in [-0.4, -0.2) is 47.6 Å². The molecule has 0 bridgehead atoms. The molecule has 74 valence electrons.